The van der Waals surface area contributed by atoms with E-state index in [1.807, 2.05) is 0 Å². The van der Waals surface area contributed by atoms with Gasteiger partial charge in [-0.05, 0) is 0 Å². The number of halogens is 1. The minimum atomic E-state index is -4.65. The Kier molecular flexibility index (Phi) is 9.53. The van der Waals surface area contributed by atoms with Crippen LogP contribution in [0, 0.1) is 10.2 Å². The van der Waals surface area contributed by atoms with Crippen molar-refractivity contribution in [1.29, 1.82) is 0 Å². The Balaban J connectivity index is 0. The fourth-order valence-electron chi connectivity index (χ4n) is 0.916. The molecule has 18 heteroatoms. The van der Waals surface area contributed by atoms with Gasteiger partial charge in [0, 0.05) is 0 Å². The number of hydrogen-bond donors (Lipinski definition) is 9. The second-order valence-corrected chi connectivity index (χ2v) is 9.23. The molecule has 0 aliphatic rings. The molecule has 132 valence electrons. The summed E-state index contributed by atoms with van der Waals surface area (Å²) in [7, 11) is -18.2. The quantitative estimate of drug-likeness (QED) is 0.191. The van der Waals surface area contributed by atoms with Crippen LogP contribution in [0.4, 0.5) is 0 Å². The molecule has 0 heterocycles. The molecular formula is C3H15ClNO13P3. The van der Waals surface area contributed by atoms with Gasteiger partial charge in [-0.3, -0.25) is 18.6 Å². The van der Waals surface area contributed by atoms with Gasteiger partial charge in [0.05, 0.1) is 0 Å². The molecule has 0 aliphatic carbocycles. The van der Waals surface area contributed by atoms with Crippen molar-refractivity contribution in [3.8, 4) is 0 Å². The third kappa shape index (κ3) is 29.2. The summed E-state index contributed by atoms with van der Waals surface area (Å²) in [5, 5.41) is 0. The van der Waals surface area contributed by atoms with Gasteiger partial charge in [-0.25, -0.2) is 0 Å². The predicted octanol–water partition coefficient (Wildman–Crippen LogP) is -4.17. The molecule has 0 unspecified atom stereocenters. The van der Waals surface area contributed by atoms with Gasteiger partial charge >= 0.3 is 51.7 Å². The van der Waals surface area contributed by atoms with Gasteiger partial charge in [-0.2, -0.15) is 0 Å². The Labute approximate surface area is 119 Å². The Hall–Kier alpha value is 0.540. The van der Waals surface area contributed by atoms with E-state index in [0.29, 0.717) is 4.90 Å². The first kappa shape index (κ1) is 23.8. The van der Waals surface area contributed by atoms with E-state index >= 15 is 0 Å². The van der Waals surface area contributed by atoms with Crippen molar-refractivity contribution in [2.75, 3.05) is 18.9 Å². The molecule has 0 aromatic carbocycles. The van der Waals surface area contributed by atoms with Gasteiger partial charge in [0.15, 0.2) is 0 Å². The molecule has 0 fully saturated rings. The van der Waals surface area contributed by atoms with E-state index in [1.165, 1.54) is 0 Å². The predicted molar refractivity (Wildman–Crippen MR) is 59.2 cm³/mol. The van der Waals surface area contributed by atoms with E-state index < -0.39 is 51.9 Å². The van der Waals surface area contributed by atoms with Crippen LogP contribution in [0.25, 0.3) is 0 Å². The van der Waals surface area contributed by atoms with E-state index in [0.717, 1.165) is 0 Å². The standard InChI is InChI=1S/C3H12NO9P3.ClH3O4/c5-14(6,7)1-4(2-15(8,9)10)3-16(11,12)13;2-1(3,4)5/h1-3H2,(H2,5,6,7)(H2,8,9,10)(H2,11,12,13);2-4H. The van der Waals surface area contributed by atoms with Crippen LogP contribution in [-0.2, 0) is 13.7 Å². The van der Waals surface area contributed by atoms with Crippen LogP contribution in [0.5, 0.6) is 0 Å². The number of hydrogen-bond acceptors (Lipinski definition) is 8. The molecule has 0 aromatic heterocycles. The van der Waals surface area contributed by atoms with Gasteiger partial charge in [0.25, 0.3) is 0 Å². The Bertz CT molecular complexity index is 379. The molecule has 14 nitrogen and oxygen atoms in total. The molecule has 0 atom stereocenters. The Morgan fingerprint density at radius 2 is 0.857 bits per heavy atom. The summed E-state index contributed by atoms with van der Waals surface area (Å²) in [6, 6.07) is 0. The zero-order chi connectivity index (χ0) is 17.7. The van der Waals surface area contributed by atoms with Gasteiger partial charge < -0.3 is 29.4 Å². The van der Waals surface area contributed by atoms with Crippen LogP contribution in [0.1, 0.15) is 0 Å². The second kappa shape index (κ2) is 8.41. The van der Waals surface area contributed by atoms with Crippen LogP contribution >= 0.6 is 22.8 Å². The maximum atomic E-state index is 10.6. The average Bonchev–Trinajstić information content (AvgIpc) is 1.86. The third-order valence-corrected chi connectivity index (χ3v) is 3.46. The van der Waals surface area contributed by atoms with E-state index in [4.69, 9.17) is 48.0 Å². The molecule has 0 radical (unpaired) electrons. The maximum absolute atomic E-state index is 10.6. The van der Waals surface area contributed by atoms with Crippen molar-refractivity contribution in [2.24, 2.45) is 0 Å². The second-order valence-electron chi connectivity index (χ2n) is 3.52. The fraction of sp³-hybridized carbons (Fsp3) is 1.00. The zero-order valence-electron chi connectivity index (χ0n) is 9.95. The van der Waals surface area contributed by atoms with Crippen LogP contribution < -0.4 is 4.66 Å². The van der Waals surface area contributed by atoms with E-state index in [-0.39, 0.29) is 0 Å². The van der Waals surface area contributed by atoms with Crippen molar-refractivity contribution in [2.45, 2.75) is 0 Å². The van der Waals surface area contributed by atoms with Crippen molar-refractivity contribution < 1.29 is 71.9 Å². The van der Waals surface area contributed by atoms with Crippen LogP contribution in [-0.4, -0.2) is 67.1 Å². The monoisotopic (exact) mass is 401 g/mol. The Morgan fingerprint density at radius 1 is 0.714 bits per heavy atom. The van der Waals surface area contributed by atoms with Gasteiger partial charge in [0.2, 0.25) is 0 Å². The molecular weight excluding hydrogens is 386 g/mol. The molecule has 0 aromatic rings. The van der Waals surface area contributed by atoms with E-state index in [9.17, 15) is 13.7 Å². The molecule has 0 saturated carbocycles. The van der Waals surface area contributed by atoms with Crippen LogP contribution in [0.2, 0.25) is 0 Å². The average molecular weight is 402 g/mol. The molecule has 0 saturated heterocycles. The van der Waals surface area contributed by atoms with Crippen molar-refractivity contribution in [3.05, 3.63) is 0 Å². The SMILES string of the molecule is O=P(O)(O)CN(CP(=O)(O)O)CP(=O)(O)O.[O-][Cl+](O)(O)O. The summed E-state index contributed by atoms with van der Waals surface area (Å²) >= 11 is 0. The molecule has 0 spiro atoms. The van der Waals surface area contributed by atoms with E-state index in [2.05, 4.69) is 0 Å². The summed E-state index contributed by atoms with van der Waals surface area (Å²) in [5.74, 6) is 0. The first-order chi connectivity index (χ1) is 8.79. The summed E-state index contributed by atoms with van der Waals surface area (Å²) in [5.41, 5.74) is 0. The van der Waals surface area contributed by atoms with Crippen molar-refractivity contribution in [3.63, 3.8) is 0 Å². The van der Waals surface area contributed by atoms with Crippen molar-refractivity contribution in [1.82, 2.24) is 4.90 Å². The van der Waals surface area contributed by atoms with Crippen LogP contribution in [0.3, 0.4) is 0 Å². The summed E-state index contributed by atoms with van der Waals surface area (Å²) < 4.78 is 61.9. The summed E-state index contributed by atoms with van der Waals surface area (Å²) in [6.45, 7) is 0. The first-order valence-electron chi connectivity index (χ1n) is 4.31. The van der Waals surface area contributed by atoms with Gasteiger partial charge in [-0.1, -0.05) is 0 Å². The molecule has 0 bridgehead atoms. The van der Waals surface area contributed by atoms with Crippen LogP contribution in [0.15, 0.2) is 0 Å². The minimum absolute atomic E-state index is 0.336. The number of rotatable bonds is 6. The first-order valence-corrected chi connectivity index (χ1v) is 11.0. The molecule has 0 rings (SSSR count). The Morgan fingerprint density at radius 3 is 0.952 bits per heavy atom. The molecule has 0 aliphatic heterocycles. The fourth-order valence-corrected chi connectivity index (χ4v) is 3.55. The summed E-state index contributed by atoms with van der Waals surface area (Å²) in [6.07, 6.45) is -3.41. The normalized spacial score (nSPS) is 14.6. The zero-order valence-corrected chi connectivity index (χ0v) is 13.4. The number of nitrogens with zero attached hydrogens (tertiary/aromatic N) is 1. The molecule has 21 heavy (non-hydrogen) atoms. The molecule has 0 amide bonds. The van der Waals surface area contributed by atoms with Gasteiger partial charge in [-0.15, -0.1) is 0 Å². The van der Waals surface area contributed by atoms with E-state index in [1.54, 1.807) is 0 Å². The summed E-state index contributed by atoms with van der Waals surface area (Å²) in [4.78, 5) is 51.6. The van der Waals surface area contributed by atoms with Crippen molar-refractivity contribution >= 4 is 22.8 Å². The third-order valence-electron chi connectivity index (χ3n) is 1.15. The molecule has 9 N–H and O–H groups in total. The topological polar surface area (TPSA) is 260 Å². The van der Waals surface area contributed by atoms with Gasteiger partial charge in [0.1, 0.15) is 18.9 Å².